The van der Waals surface area contributed by atoms with Crippen LogP contribution >= 0.6 is 31.9 Å². The second kappa shape index (κ2) is 39.0. The number of nitrogens with zero attached hydrogens (tertiary/aromatic N) is 3. The highest BCUT2D eigenvalue weighted by molar-refractivity contribution is 9.25. The van der Waals surface area contributed by atoms with Gasteiger partial charge in [0.05, 0.1) is 65.2 Å². The third kappa shape index (κ3) is 21.9. The van der Waals surface area contributed by atoms with E-state index in [2.05, 4.69) is 70.5 Å². The molecule has 6 heterocycles. The number of alkyl halides is 17. The van der Waals surface area contributed by atoms with E-state index in [1.54, 1.807) is 67.5 Å². The van der Waals surface area contributed by atoms with E-state index in [-0.39, 0.29) is 164 Å². The molecule has 0 amide bonds. The number of aliphatic hydroxyl groups is 3. The zero-order valence-electron chi connectivity index (χ0n) is 74.6. The molecular weight excluding hydrogens is 2050 g/mol. The van der Waals surface area contributed by atoms with E-state index >= 15 is 0 Å². The maximum Gasteiger partial charge on any atom is 0.422 e. The molecular formula is C95H86Br2F18N6O16S2. The fourth-order valence-electron chi connectivity index (χ4n) is 16.1. The zero-order valence-corrected chi connectivity index (χ0v) is 79.5. The van der Waals surface area contributed by atoms with E-state index in [0.717, 1.165) is 72.8 Å². The van der Waals surface area contributed by atoms with Crippen molar-refractivity contribution in [3.05, 3.63) is 235 Å². The van der Waals surface area contributed by atoms with Crippen LogP contribution in [-0.2, 0) is 93.9 Å². The van der Waals surface area contributed by atoms with Crippen LogP contribution in [-0.4, -0.2) is 135 Å². The summed E-state index contributed by atoms with van der Waals surface area (Å²) in [5, 5.41) is 34.0. The van der Waals surface area contributed by atoms with Crippen LogP contribution in [0.1, 0.15) is 199 Å². The van der Waals surface area contributed by atoms with Crippen LogP contribution in [0.4, 0.5) is 79.0 Å². The highest BCUT2D eigenvalue weighted by Crippen LogP contribution is 2.56. The lowest BCUT2D eigenvalue weighted by atomic mass is 9.86. The summed E-state index contributed by atoms with van der Waals surface area (Å²) in [5.74, 6) is -6.38. The maximum atomic E-state index is 15.0. The number of aromatic nitrogens is 3. The van der Waals surface area contributed by atoms with E-state index in [0.29, 0.717) is 11.1 Å². The molecule has 3 aromatic heterocycles. The highest BCUT2D eigenvalue weighted by atomic mass is 79.9. The van der Waals surface area contributed by atoms with Crippen molar-refractivity contribution in [2.24, 2.45) is 5.73 Å². The second-order valence-corrected chi connectivity index (χ2v) is 43.8. The van der Waals surface area contributed by atoms with Crippen molar-refractivity contribution >= 4 is 88.8 Å². The molecule has 0 saturated carbocycles. The van der Waals surface area contributed by atoms with Crippen molar-refractivity contribution in [3.63, 3.8) is 0 Å². The standard InChI is InChI=1S/C33H30Br2F6N2O6S.C33H32F6N2O5S.C29H24F6N2O5/c1-29(2,3)50(47)43-30(4)15-48-27-21(30)14-24(42-26(27)16-5-7-18(36)8-6-16)31(46,33(39,40)41)10-9-22(44)17-11-20-19(13-25(45)32(20,34)35)23(12-17)49-28(37)38;1-30(2,3)47(44)41-31(4)17-45-28-23(31)16-26(40-27(28)18-8-10-21(34)11-9-18)32(43,33(37,38)39)13-12-24(42)20-14-19-6-5-7-22(19)25(15-20)46-29(35)36;1-27(36)13-41-25-20(27)12-23(37-24(25)14-2-4-17(30)5-3-14)28(40,29(33,34)35)7-6-21(39)16-8-15-9-18(38)11-19(15)22(10-16)42-26(31)32/h5-8,11-12,14,28,43,46H,9-10,13,15H2,1-4H3;5-6,8-11,14-16,29,41,43H,7,12-13,17H2,1-4H3;2-5,8,10,12,26,40H,6-7,9,11,13,36H2,1H3/t30-,31-,50?;31-,32-,47?;27-,28-/m111/s1. The number of ether oxygens (including phenoxy) is 6. The van der Waals surface area contributed by atoms with Gasteiger partial charge in [0.2, 0.25) is 16.8 Å². The van der Waals surface area contributed by atoms with Crippen LogP contribution in [0, 0.1) is 17.5 Å². The van der Waals surface area contributed by atoms with E-state index in [1.165, 1.54) is 61.5 Å². The van der Waals surface area contributed by atoms with Crippen LogP contribution in [0.3, 0.4) is 0 Å². The molecule has 15 rings (SSSR count). The molecule has 0 radical (unpaired) electrons. The summed E-state index contributed by atoms with van der Waals surface area (Å²) < 4.78 is 313. The lowest BCUT2D eigenvalue weighted by molar-refractivity contribution is -0.270. The molecule has 6 aromatic carbocycles. The minimum absolute atomic E-state index is 0.0224. The number of Topliss-reactive ketones (excluding diaryl/α,β-unsaturated/α-hetero) is 5. The molecule has 0 fully saturated rings. The number of nitrogens with one attached hydrogen (secondary N) is 2. The van der Waals surface area contributed by atoms with Gasteiger partial charge in [-0.3, -0.25) is 24.0 Å². The van der Waals surface area contributed by atoms with Gasteiger partial charge in [-0.15, -0.1) is 0 Å². The molecule has 2 unspecified atom stereocenters. The number of ketones is 5. The number of pyridine rings is 3. The van der Waals surface area contributed by atoms with Gasteiger partial charge in [0.25, 0.3) is 0 Å². The molecule has 22 nitrogen and oxygen atoms in total. The first kappa shape index (κ1) is 106. The van der Waals surface area contributed by atoms with Crippen molar-refractivity contribution in [2.45, 2.75) is 211 Å². The Bertz CT molecular complexity index is 6420. The number of rotatable bonds is 28. The average Bonchev–Trinajstić information content (AvgIpc) is 1.65. The fourth-order valence-corrected chi connectivity index (χ4v) is 18.9. The minimum Gasteiger partial charge on any atom is -0.489 e. The first-order chi connectivity index (χ1) is 64.4. The van der Waals surface area contributed by atoms with Gasteiger partial charge in [0.15, 0.2) is 43.6 Å². The number of benzene rings is 6. The SMILES string of the molecule is CC(C)(C)S(=O)N[C@]1(C)COc2c1cc([C@](O)(CCC(=O)c1cc(OC(F)F)c3c(c1)C(Br)(Br)C(=O)C3)C(F)(F)F)nc2-c1ccc(F)cc1.CC(C)(C)S(=O)N[C@]1(C)COc2c1cc([C@](O)(CCC(=O)c1cc3c(c(OC(F)F)c1)CC=C3)C(F)(F)F)nc2-c1ccc(F)cc1.C[C@@]1(N)COc2c1cc([C@](O)(CCC(=O)c1cc3c(c(OC(F)F)c1)CC(=O)C3)C(F)(F)F)nc2-c1ccc(F)cc1. The molecule has 0 saturated heterocycles. The number of allylic oxidation sites excluding steroid dienone is 1. The number of carbonyl (C=O) groups is 5. The third-order valence-electron chi connectivity index (χ3n) is 23.9. The Labute approximate surface area is 803 Å². The number of nitrogens with two attached hydrogens (primary N) is 1. The summed E-state index contributed by atoms with van der Waals surface area (Å²) in [4.78, 5) is 76.6. The van der Waals surface area contributed by atoms with Gasteiger partial charge in [-0.05, 0) is 232 Å². The van der Waals surface area contributed by atoms with Crippen molar-refractivity contribution < 1.29 is 155 Å². The van der Waals surface area contributed by atoms with Crippen LogP contribution in [0.2, 0.25) is 0 Å². The van der Waals surface area contributed by atoms with Crippen molar-refractivity contribution in [1.82, 2.24) is 24.4 Å². The average molecular weight is 2130 g/mol. The number of carbonyl (C=O) groups excluding carboxylic acids is 5. The smallest absolute Gasteiger partial charge is 0.422 e. The molecule has 7 N–H and O–H groups in total. The van der Waals surface area contributed by atoms with E-state index in [4.69, 9.17) is 19.9 Å². The molecule has 3 aliphatic heterocycles. The lowest BCUT2D eigenvalue weighted by Crippen LogP contribution is -2.47. The van der Waals surface area contributed by atoms with Crippen LogP contribution in [0.5, 0.6) is 34.5 Å². The minimum atomic E-state index is -5.42. The predicted octanol–water partition coefficient (Wildman–Crippen LogP) is 19.9. The topological polar surface area (TPSA) is 324 Å². The normalized spacial score (nSPS) is 19.6. The van der Waals surface area contributed by atoms with E-state index in [1.807, 2.05) is 0 Å². The number of halogens is 20. The Morgan fingerprint density at radius 2 is 0.806 bits per heavy atom. The van der Waals surface area contributed by atoms with Crippen LogP contribution in [0.15, 0.2) is 133 Å². The Balaban J connectivity index is 0.000000176. The van der Waals surface area contributed by atoms with Crippen molar-refractivity contribution in [2.75, 3.05) is 19.8 Å². The number of fused-ring (bicyclic) bond motifs is 6. The summed E-state index contributed by atoms with van der Waals surface area (Å²) in [7, 11) is -3.43. The largest absolute Gasteiger partial charge is 0.489 e. The molecule has 6 aliphatic rings. The van der Waals surface area contributed by atoms with Gasteiger partial charge in [0.1, 0.15) is 77.4 Å². The van der Waals surface area contributed by atoms with E-state index in [9.17, 15) is 127 Å². The van der Waals surface area contributed by atoms with Gasteiger partial charge in [-0.25, -0.2) is 46.0 Å². The van der Waals surface area contributed by atoms with Crippen LogP contribution in [0.25, 0.3) is 39.8 Å². The summed E-state index contributed by atoms with van der Waals surface area (Å²) in [5.41, 5.74) is -10.3. The third-order valence-corrected chi connectivity index (χ3v) is 29.2. The van der Waals surface area contributed by atoms with Gasteiger partial charge < -0.3 is 49.5 Å². The van der Waals surface area contributed by atoms with Gasteiger partial charge >= 0.3 is 38.4 Å². The first-order valence-corrected chi connectivity index (χ1v) is 46.2. The van der Waals surface area contributed by atoms with Gasteiger partial charge in [-0.1, -0.05) is 44.0 Å². The molecule has 139 heavy (non-hydrogen) atoms. The maximum absolute atomic E-state index is 15.0. The Morgan fingerprint density at radius 3 is 1.17 bits per heavy atom. The lowest BCUT2D eigenvalue weighted by Gasteiger charge is -2.32. The predicted molar refractivity (Wildman–Crippen MR) is 477 cm³/mol. The monoisotopic (exact) mass is 2130 g/mol. The number of hydrogen-bond acceptors (Lipinski definition) is 20. The van der Waals surface area contributed by atoms with E-state index < -0.39 is 214 Å². The van der Waals surface area contributed by atoms with Crippen molar-refractivity contribution in [3.8, 4) is 68.3 Å². The number of hydrogen-bond donors (Lipinski definition) is 6. The molecule has 3 aliphatic carbocycles. The Kier molecular flexibility index (Phi) is 29.7. The Morgan fingerprint density at radius 1 is 0.468 bits per heavy atom. The quantitative estimate of drug-likeness (QED) is 0.0151. The van der Waals surface area contributed by atoms with Gasteiger partial charge in [-0.2, -0.15) is 65.9 Å². The molecule has 8 atom stereocenters. The molecule has 0 bridgehead atoms. The summed E-state index contributed by atoms with van der Waals surface area (Å²) >= 11 is 6.33. The summed E-state index contributed by atoms with van der Waals surface area (Å²) in [6.07, 6.45) is -19.5. The fraction of sp³-hybridized carbons (Fsp3) is 0.389. The molecule has 744 valence electrons. The Hall–Kier alpha value is -10.6. The highest BCUT2D eigenvalue weighted by Gasteiger charge is 2.61. The zero-order chi connectivity index (χ0) is 102. The summed E-state index contributed by atoms with van der Waals surface area (Å²) in [6.45, 7) is 4.63. The van der Waals surface area contributed by atoms with Crippen molar-refractivity contribution in [1.29, 1.82) is 0 Å². The van der Waals surface area contributed by atoms with Crippen LogP contribution < -0.4 is 43.6 Å². The van der Waals surface area contributed by atoms with Gasteiger partial charge in [0, 0.05) is 105 Å². The first-order valence-electron chi connectivity index (χ1n) is 42.3. The molecule has 9 aromatic rings. The molecule has 0 spiro atoms. The second-order valence-electron chi connectivity index (χ2n) is 36.4. The summed E-state index contributed by atoms with van der Waals surface area (Å²) in [6, 6.07) is 23.8. The molecule has 44 heteroatoms.